The highest BCUT2D eigenvalue weighted by atomic mass is 19.3. The van der Waals surface area contributed by atoms with Gasteiger partial charge >= 0.3 is 0 Å². The van der Waals surface area contributed by atoms with Crippen LogP contribution in [0.3, 0.4) is 0 Å². The SMILES string of the molecule is FC(F)c1n[nH]c2c1C1CCC1C2(F)F. The van der Waals surface area contributed by atoms with Gasteiger partial charge in [0.25, 0.3) is 12.3 Å². The molecule has 1 N–H and O–H groups in total. The molecule has 0 aliphatic heterocycles. The van der Waals surface area contributed by atoms with Gasteiger partial charge in [-0.3, -0.25) is 5.10 Å². The van der Waals surface area contributed by atoms with Crippen LogP contribution in [-0.4, -0.2) is 10.2 Å². The lowest BCUT2D eigenvalue weighted by Crippen LogP contribution is -2.31. The van der Waals surface area contributed by atoms with Gasteiger partial charge in [0.05, 0.1) is 0 Å². The van der Waals surface area contributed by atoms with E-state index in [1.165, 1.54) is 0 Å². The van der Waals surface area contributed by atoms with Crippen molar-refractivity contribution in [1.29, 1.82) is 0 Å². The Labute approximate surface area is 82.7 Å². The van der Waals surface area contributed by atoms with E-state index in [1.807, 2.05) is 0 Å². The predicted molar refractivity (Wildman–Crippen MR) is 42.9 cm³/mol. The molecule has 3 rings (SSSR count). The van der Waals surface area contributed by atoms with Crippen LogP contribution in [0.25, 0.3) is 0 Å². The van der Waals surface area contributed by atoms with Gasteiger partial charge in [-0.25, -0.2) is 8.78 Å². The number of alkyl halides is 4. The Morgan fingerprint density at radius 2 is 2.07 bits per heavy atom. The zero-order chi connectivity index (χ0) is 10.8. The van der Waals surface area contributed by atoms with Gasteiger partial charge < -0.3 is 0 Å². The number of H-pyrrole nitrogens is 1. The Bertz CT molecular complexity index is 412. The summed E-state index contributed by atoms with van der Waals surface area (Å²) in [5.74, 6) is -4.21. The topological polar surface area (TPSA) is 28.7 Å². The highest BCUT2D eigenvalue weighted by Crippen LogP contribution is 2.62. The van der Waals surface area contributed by atoms with Gasteiger partial charge in [0, 0.05) is 11.5 Å². The van der Waals surface area contributed by atoms with Crippen molar-refractivity contribution >= 4 is 0 Å². The van der Waals surface area contributed by atoms with E-state index < -0.39 is 29.9 Å². The lowest BCUT2D eigenvalue weighted by molar-refractivity contribution is -0.0908. The molecular formula is C9H8F4N2. The van der Waals surface area contributed by atoms with Crippen LogP contribution in [0.15, 0.2) is 0 Å². The second kappa shape index (κ2) is 2.54. The molecule has 1 fully saturated rings. The van der Waals surface area contributed by atoms with Gasteiger partial charge in [-0.15, -0.1) is 0 Å². The molecule has 0 spiro atoms. The van der Waals surface area contributed by atoms with Crippen LogP contribution in [0, 0.1) is 5.92 Å². The van der Waals surface area contributed by atoms with Crippen LogP contribution in [0.2, 0.25) is 0 Å². The third-order valence-corrected chi connectivity index (χ3v) is 3.48. The summed E-state index contributed by atoms with van der Waals surface area (Å²) in [6.45, 7) is 0. The van der Waals surface area contributed by atoms with Crippen LogP contribution in [-0.2, 0) is 5.92 Å². The maximum atomic E-state index is 13.6. The first kappa shape index (κ1) is 9.18. The number of aromatic nitrogens is 2. The van der Waals surface area contributed by atoms with Gasteiger partial charge in [-0.1, -0.05) is 0 Å². The zero-order valence-corrected chi connectivity index (χ0v) is 7.61. The smallest absolute Gasteiger partial charge is 0.276 e. The maximum absolute atomic E-state index is 13.6. The van der Waals surface area contributed by atoms with E-state index >= 15 is 0 Å². The number of halogens is 4. The molecule has 2 atom stereocenters. The van der Waals surface area contributed by atoms with Crippen molar-refractivity contribution in [3.8, 4) is 0 Å². The fourth-order valence-electron chi connectivity index (χ4n) is 2.63. The number of nitrogens with one attached hydrogen (secondary N) is 1. The summed E-state index contributed by atoms with van der Waals surface area (Å²) < 4.78 is 52.2. The lowest BCUT2D eigenvalue weighted by Gasteiger charge is -2.34. The summed E-state index contributed by atoms with van der Waals surface area (Å²) in [5, 5.41) is 5.38. The fourth-order valence-corrected chi connectivity index (χ4v) is 2.63. The molecule has 2 nitrogen and oxygen atoms in total. The molecule has 2 unspecified atom stereocenters. The molecule has 1 saturated carbocycles. The Morgan fingerprint density at radius 3 is 2.60 bits per heavy atom. The summed E-state index contributed by atoms with van der Waals surface area (Å²) in [6, 6.07) is 0. The molecule has 0 bridgehead atoms. The predicted octanol–water partition coefficient (Wildman–Crippen LogP) is 2.95. The van der Waals surface area contributed by atoms with Crippen molar-refractivity contribution in [2.75, 3.05) is 0 Å². The van der Waals surface area contributed by atoms with Gasteiger partial charge in [0.1, 0.15) is 11.4 Å². The molecule has 2 aliphatic rings. The Balaban J connectivity index is 2.16. The monoisotopic (exact) mass is 220 g/mol. The number of fused-ring (bicyclic) bond motifs is 3. The lowest BCUT2D eigenvalue weighted by atomic mass is 9.73. The minimum Gasteiger partial charge on any atom is -0.276 e. The molecule has 0 amide bonds. The average Bonchev–Trinajstić information content (AvgIpc) is 2.50. The summed E-state index contributed by atoms with van der Waals surface area (Å²) in [6.07, 6.45) is -1.81. The normalized spacial score (nSPS) is 31.3. The summed E-state index contributed by atoms with van der Waals surface area (Å²) in [5.41, 5.74) is -0.798. The van der Waals surface area contributed by atoms with Crippen LogP contribution in [0.1, 0.15) is 42.1 Å². The number of hydrogen-bond acceptors (Lipinski definition) is 1. The van der Waals surface area contributed by atoms with Gasteiger partial charge in [-0.2, -0.15) is 13.9 Å². The first-order valence-corrected chi connectivity index (χ1v) is 4.78. The number of hydrogen-bond donors (Lipinski definition) is 1. The van der Waals surface area contributed by atoms with E-state index in [2.05, 4.69) is 10.2 Å². The first-order chi connectivity index (χ1) is 7.03. The largest absolute Gasteiger partial charge is 0.292 e. The highest BCUT2D eigenvalue weighted by molar-refractivity contribution is 5.42. The first-order valence-electron chi connectivity index (χ1n) is 4.78. The average molecular weight is 220 g/mol. The number of aromatic amines is 1. The molecule has 82 valence electrons. The highest BCUT2D eigenvalue weighted by Gasteiger charge is 2.61. The van der Waals surface area contributed by atoms with Crippen LogP contribution in [0.5, 0.6) is 0 Å². The number of rotatable bonds is 1. The fraction of sp³-hybridized carbons (Fsp3) is 0.667. The molecule has 0 radical (unpaired) electrons. The molecule has 0 aromatic carbocycles. The molecule has 2 aliphatic carbocycles. The number of nitrogens with zero attached hydrogens (tertiary/aromatic N) is 1. The third-order valence-electron chi connectivity index (χ3n) is 3.48. The standard InChI is InChI=1S/C9H8F4N2/c10-8(11)6-5-3-1-2-4(3)9(12,13)7(5)15-14-6/h3-4,8H,1-2H2,(H,14,15). The Kier molecular flexibility index (Phi) is 1.55. The van der Waals surface area contributed by atoms with E-state index in [0.29, 0.717) is 12.8 Å². The second-order valence-corrected chi connectivity index (χ2v) is 4.11. The summed E-state index contributed by atoms with van der Waals surface area (Å²) >= 11 is 0. The van der Waals surface area contributed by atoms with E-state index in [4.69, 9.17) is 0 Å². The summed E-state index contributed by atoms with van der Waals surface area (Å²) in [4.78, 5) is 0. The molecule has 15 heavy (non-hydrogen) atoms. The van der Waals surface area contributed by atoms with Gasteiger partial charge in [0.15, 0.2) is 0 Å². The molecule has 1 aromatic heterocycles. The van der Waals surface area contributed by atoms with E-state index in [9.17, 15) is 17.6 Å². The molecular weight excluding hydrogens is 212 g/mol. The van der Waals surface area contributed by atoms with Crippen LogP contribution in [0.4, 0.5) is 17.6 Å². The van der Waals surface area contributed by atoms with Crippen LogP contribution >= 0.6 is 0 Å². The molecule has 1 heterocycles. The quantitative estimate of drug-likeness (QED) is 0.724. The van der Waals surface area contributed by atoms with Gasteiger partial charge in [-0.05, 0) is 18.8 Å². The van der Waals surface area contributed by atoms with Crippen molar-refractivity contribution in [2.24, 2.45) is 5.92 Å². The minimum absolute atomic E-state index is 0.0752. The van der Waals surface area contributed by atoms with E-state index in [1.54, 1.807) is 0 Å². The van der Waals surface area contributed by atoms with Crippen LogP contribution < -0.4 is 0 Å². The summed E-state index contributed by atoms with van der Waals surface area (Å²) in [7, 11) is 0. The van der Waals surface area contributed by atoms with E-state index in [0.717, 1.165) is 0 Å². The van der Waals surface area contributed by atoms with Crippen molar-refractivity contribution in [3.63, 3.8) is 0 Å². The molecule has 6 heteroatoms. The minimum atomic E-state index is -3.00. The Morgan fingerprint density at radius 1 is 1.33 bits per heavy atom. The van der Waals surface area contributed by atoms with Gasteiger partial charge in [0.2, 0.25) is 0 Å². The molecule has 1 aromatic rings. The molecule has 0 saturated heterocycles. The van der Waals surface area contributed by atoms with Crippen molar-refractivity contribution in [3.05, 3.63) is 17.0 Å². The van der Waals surface area contributed by atoms with Crippen molar-refractivity contribution in [2.45, 2.75) is 31.1 Å². The third kappa shape index (κ3) is 0.922. The van der Waals surface area contributed by atoms with E-state index in [-0.39, 0.29) is 11.3 Å². The van der Waals surface area contributed by atoms with Crippen molar-refractivity contribution < 1.29 is 17.6 Å². The maximum Gasteiger partial charge on any atom is 0.292 e. The Hall–Kier alpha value is -1.07. The van der Waals surface area contributed by atoms with Crippen molar-refractivity contribution in [1.82, 2.24) is 10.2 Å². The zero-order valence-electron chi connectivity index (χ0n) is 7.61. The second-order valence-electron chi connectivity index (χ2n) is 4.11.